The van der Waals surface area contributed by atoms with Crippen molar-refractivity contribution in [3.63, 3.8) is 0 Å². The fourth-order valence-corrected chi connectivity index (χ4v) is 1.98. The Hall–Kier alpha value is -0.610. The molecule has 0 radical (unpaired) electrons. The smallest absolute Gasteiger partial charge is 0.233 e. The summed E-state index contributed by atoms with van der Waals surface area (Å²) in [6, 6.07) is 0.365. The Labute approximate surface area is 99.7 Å². The Bertz CT molecular complexity index is 202. The van der Waals surface area contributed by atoms with E-state index in [0.717, 1.165) is 19.5 Å². The molecule has 0 saturated heterocycles. The SMILES string of the molecule is CCN(CC)C(CC(C)C)CN(N)C(C)=O. The summed E-state index contributed by atoms with van der Waals surface area (Å²) in [6.07, 6.45) is 1.07. The largest absolute Gasteiger partial charge is 0.299 e. The summed E-state index contributed by atoms with van der Waals surface area (Å²) in [4.78, 5) is 13.5. The summed E-state index contributed by atoms with van der Waals surface area (Å²) in [5.41, 5.74) is 0. The van der Waals surface area contributed by atoms with Crippen LogP contribution in [0.25, 0.3) is 0 Å². The molecule has 4 nitrogen and oxygen atoms in total. The predicted molar refractivity (Wildman–Crippen MR) is 67.7 cm³/mol. The molecule has 1 unspecified atom stereocenters. The van der Waals surface area contributed by atoms with Crippen molar-refractivity contribution < 1.29 is 4.79 Å². The quantitative estimate of drug-likeness (QED) is 0.408. The van der Waals surface area contributed by atoms with E-state index in [1.54, 1.807) is 0 Å². The molecule has 0 fully saturated rings. The molecule has 2 N–H and O–H groups in total. The monoisotopic (exact) mass is 229 g/mol. The second-order valence-electron chi connectivity index (χ2n) is 4.68. The van der Waals surface area contributed by atoms with E-state index in [1.165, 1.54) is 11.9 Å². The first-order valence-electron chi connectivity index (χ1n) is 6.19. The molecule has 0 rings (SSSR count). The Morgan fingerprint density at radius 1 is 1.25 bits per heavy atom. The van der Waals surface area contributed by atoms with Crippen molar-refractivity contribution in [3.8, 4) is 0 Å². The van der Waals surface area contributed by atoms with Crippen LogP contribution in [0.1, 0.15) is 41.0 Å². The number of likely N-dealkylation sites (N-methyl/N-ethyl adjacent to an activating group) is 1. The number of nitrogens with two attached hydrogens (primary N) is 1. The molecule has 0 aliphatic heterocycles. The molecule has 0 aliphatic rings. The van der Waals surface area contributed by atoms with Crippen molar-refractivity contribution in [2.75, 3.05) is 19.6 Å². The molecule has 0 aliphatic carbocycles. The van der Waals surface area contributed by atoms with Crippen LogP contribution in [0.15, 0.2) is 0 Å². The van der Waals surface area contributed by atoms with Crippen molar-refractivity contribution in [2.24, 2.45) is 11.8 Å². The number of hydrogen-bond acceptors (Lipinski definition) is 3. The Kier molecular flexibility index (Phi) is 7.34. The number of nitrogens with zero attached hydrogens (tertiary/aromatic N) is 2. The number of rotatable bonds is 7. The molecule has 0 heterocycles. The third-order valence-electron chi connectivity index (χ3n) is 2.88. The van der Waals surface area contributed by atoms with Gasteiger partial charge in [0.1, 0.15) is 0 Å². The van der Waals surface area contributed by atoms with Gasteiger partial charge in [-0.2, -0.15) is 0 Å². The molecule has 16 heavy (non-hydrogen) atoms. The Balaban J connectivity index is 4.46. The molecule has 0 bridgehead atoms. The van der Waals surface area contributed by atoms with Gasteiger partial charge in [-0.15, -0.1) is 0 Å². The van der Waals surface area contributed by atoms with E-state index in [-0.39, 0.29) is 5.91 Å². The fourth-order valence-electron chi connectivity index (χ4n) is 1.98. The van der Waals surface area contributed by atoms with Gasteiger partial charge in [-0.3, -0.25) is 14.7 Å². The molecule has 1 atom stereocenters. The average Bonchev–Trinajstić information content (AvgIpc) is 2.18. The molecular weight excluding hydrogens is 202 g/mol. The van der Waals surface area contributed by atoms with E-state index in [4.69, 9.17) is 5.84 Å². The summed E-state index contributed by atoms with van der Waals surface area (Å²) < 4.78 is 0. The highest BCUT2D eigenvalue weighted by molar-refractivity contribution is 5.72. The second-order valence-corrected chi connectivity index (χ2v) is 4.68. The maximum absolute atomic E-state index is 11.1. The zero-order valence-corrected chi connectivity index (χ0v) is 11.4. The lowest BCUT2D eigenvalue weighted by molar-refractivity contribution is -0.130. The van der Waals surface area contributed by atoms with Gasteiger partial charge < -0.3 is 0 Å². The minimum absolute atomic E-state index is 0.0686. The van der Waals surface area contributed by atoms with Gasteiger partial charge in [0.2, 0.25) is 5.91 Å². The van der Waals surface area contributed by atoms with Crippen LogP contribution in [0, 0.1) is 5.92 Å². The number of hydrogen-bond donors (Lipinski definition) is 1. The van der Waals surface area contributed by atoms with E-state index in [1.807, 2.05) is 0 Å². The normalized spacial score (nSPS) is 13.2. The van der Waals surface area contributed by atoms with Gasteiger partial charge in [-0.05, 0) is 25.4 Å². The number of hydrazine groups is 1. The van der Waals surface area contributed by atoms with Crippen molar-refractivity contribution >= 4 is 5.91 Å². The van der Waals surface area contributed by atoms with E-state index >= 15 is 0 Å². The van der Waals surface area contributed by atoms with E-state index in [0.29, 0.717) is 18.5 Å². The zero-order valence-electron chi connectivity index (χ0n) is 11.4. The topological polar surface area (TPSA) is 49.6 Å². The van der Waals surface area contributed by atoms with Gasteiger partial charge in [0.25, 0.3) is 0 Å². The van der Waals surface area contributed by atoms with Crippen LogP contribution < -0.4 is 5.84 Å². The summed E-state index contributed by atoms with van der Waals surface area (Å²) in [6.45, 7) is 12.8. The standard InChI is InChI=1S/C12H27N3O/c1-6-14(7-2)12(8-10(3)4)9-15(13)11(5)16/h10,12H,6-9,13H2,1-5H3. The maximum Gasteiger partial charge on any atom is 0.233 e. The number of carbonyl (C=O) groups excluding carboxylic acids is 1. The fraction of sp³-hybridized carbons (Fsp3) is 0.917. The highest BCUT2D eigenvalue weighted by Crippen LogP contribution is 2.12. The first-order valence-corrected chi connectivity index (χ1v) is 6.19. The Morgan fingerprint density at radius 2 is 1.75 bits per heavy atom. The van der Waals surface area contributed by atoms with Gasteiger partial charge in [0, 0.05) is 13.0 Å². The molecule has 4 heteroatoms. The highest BCUT2D eigenvalue weighted by atomic mass is 16.2. The predicted octanol–water partition coefficient (Wildman–Crippen LogP) is 1.47. The van der Waals surface area contributed by atoms with Crippen LogP contribution in [0.2, 0.25) is 0 Å². The summed E-state index contributed by atoms with van der Waals surface area (Å²) in [5.74, 6) is 6.25. The van der Waals surface area contributed by atoms with Gasteiger partial charge >= 0.3 is 0 Å². The molecule has 0 spiro atoms. The van der Waals surface area contributed by atoms with Crippen molar-refractivity contribution in [3.05, 3.63) is 0 Å². The molecule has 1 amide bonds. The van der Waals surface area contributed by atoms with Gasteiger partial charge in [-0.25, -0.2) is 5.84 Å². The molecule has 0 aromatic rings. The van der Waals surface area contributed by atoms with Crippen molar-refractivity contribution in [2.45, 2.75) is 47.1 Å². The zero-order chi connectivity index (χ0) is 12.7. The van der Waals surface area contributed by atoms with E-state index < -0.39 is 0 Å². The molecular formula is C12H27N3O. The molecule has 0 aromatic carbocycles. The van der Waals surface area contributed by atoms with Crippen molar-refractivity contribution in [1.82, 2.24) is 9.91 Å². The van der Waals surface area contributed by atoms with Crippen LogP contribution >= 0.6 is 0 Å². The highest BCUT2D eigenvalue weighted by Gasteiger charge is 2.20. The molecule has 96 valence electrons. The second kappa shape index (κ2) is 7.63. The summed E-state index contributed by atoms with van der Waals surface area (Å²) in [5, 5.41) is 1.32. The van der Waals surface area contributed by atoms with Gasteiger partial charge in [0.15, 0.2) is 0 Å². The molecule has 0 saturated carbocycles. The minimum atomic E-state index is -0.0686. The lowest BCUT2D eigenvalue weighted by Crippen LogP contribution is -2.48. The summed E-state index contributed by atoms with van der Waals surface area (Å²) >= 11 is 0. The van der Waals surface area contributed by atoms with E-state index in [9.17, 15) is 4.79 Å². The third kappa shape index (κ3) is 5.47. The van der Waals surface area contributed by atoms with Crippen LogP contribution in [-0.2, 0) is 4.79 Å². The lowest BCUT2D eigenvalue weighted by Gasteiger charge is -2.33. The average molecular weight is 229 g/mol. The minimum Gasteiger partial charge on any atom is -0.299 e. The first kappa shape index (κ1) is 15.4. The van der Waals surface area contributed by atoms with Crippen LogP contribution in [0.4, 0.5) is 0 Å². The van der Waals surface area contributed by atoms with Gasteiger partial charge in [-0.1, -0.05) is 27.7 Å². The maximum atomic E-state index is 11.1. The van der Waals surface area contributed by atoms with Crippen LogP contribution in [0.3, 0.4) is 0 Å². The van der Waals surface area contributed by atoms with E-state index in [2.05, 4.69) is 32.6 Å². The lowest BCUT2D eigenvalue weighted by atomic mass is 10.0. The number of amides is 1. The van der Waals surface area contributed by atoms with Gasteiger partial charge in [0.05, 0.1) is 6.54 Å². The Morgan fingerprint density at radius 3 is 2.06 bits per heavy atom. The van der Waals surface area contributed by atoms with Crippen LogP contribution in [0.5, 0.6) is 0 Å². The van der Waals surface area contributed by atoms with Crippen LogP contribution in [-0.4, -0.2) is 41.5 Å². The third-order valence-corrected chi connectivity index (χ3v) is 2.88. The molecule has 0 aromatic heterocycles. The van der Waals surface area contributed by atoms with Crippen molar-refractivity contribution in [1.29, 1.82) is 0 Å². The number of carbonyl (C=O) groups is 1. The summed E-state index contributed by atoms with van der Waals surface area (Å²) in [7, 11) is 0. The first-order chi connectivity index (χ1) is 7.42.